The van der Waals surface area contributed by atoms with Crippen LogP contribution in [0.1, 0.15) is 46.8 Å². The van der Waals surface area contributed by atoms with Crippen LogP contribution in [0.15, 0.2) is 46.9 Å². The molecule has 0 aromatic heterocycles. The zero-order valence-electron chi connectivity index (χ0n) is 16.5. The second-order valence-corrected chi connectivity index (χ2v) is 8.81. The molecule has 0 radical (unpaired) electrons. The van der Waals surface area contributed by atoms with Gasteiger partial charge in [-0.25, -0.2) is 0 Å². The summed E-state index contributed by atoms with van der Waals surface area (Å²) in [5.41, 5.74) is 4.80. The highest BCUT2D eigenvalue weighted by Gasteiger charge is 2.25. The van der Waals surface area contributed by atoms with Gasteiger partial charge in [-0.05, 0) is 67.7 Å². The van der Waals surface area contributed by atoms with Crippen molar-refractivity contribution in [1.82, 2.24) is 10.2 Å². The number of carbonyl (C=O) groups is 1. The number of carbonyl (C=O) groups excluding carboxylic acids is 1. The molecule has 4 rings (SSSR count). The molecule has 0 aliphatic carbocycles. The summed E-state index contributed by atoms with van der Waals surface area (Å²) in [6.45, 7) is 3.94. The number of hydrogen-bond acceptors (Lipinski definition) is 3. The third-order valence-electron chi connectivity index (χ3n) is 5.99. The van der Waals surface area contributed by atoms with Gasteiger partial charge in [0.15, 0.2) is 0 Å². The third kappa shape index (κ3) is 4.26. The van der Waals surface area contributed by atoms with E-state index in [1.807, 2.05) is 24.3 Å². The second-order valence-electron chi connectivity index (χ2n) is 7.89. The molecule has 2 heterocycles. The maximum absolute atomic E-state index is 12.7. The standard InChI is InChI=1S/C23H28BrN3O/c1-26-13-10-18-14-17(8-9-21(18)26)22(27-11-3-2-4-12-27)16-25-23(28)19-6-5-7-20(24)15-19/h5-9,14-15,22H,2-4,10-13,16H2,1H3,(H,25,28)/t22-/m0/s1. The fourth-order valence-corrected chi connectivity index (χ4v) is 4.80. The van der Waals surface area contributed by atoms with Gasteiger partial charge in [-0.2, -0.15) is 0 Å². The van der Waals surface area contributed by atoms with E-state index >= 15 is 0 Å². The van der Waals surface area contributed by atoms with E-state index in [2.05, 4.69) is 56.3 Å². The molecule has 1 N–H and O–H groups in total. The van der Waals surface area contributed by atoms with Crippen LogP contribution < -0.4 is 10.2 Å². The van der Waals surface area contributed by atoms with Gasteiger partial charge in [-0.1, -0.05) is 40.5 Å². The van der Waals surface area contributed by atoms with Crippen LogP contribution in [0.4, 0.5) is 5.69 Å². The Labute approximate surface area is 176 Å². The number of hydrogen-bond donors (Lipinski definition) is 1. The molecule has 148 valence electrons. The number of piperidine rings is 1. The molecule has 1 amide bonds. The molecule has 2 aromatic rings. The van der Waals surface area contributed by atoms with Gasteiger partial charge < -0.3 is 10.2 Å². The van der Waals surface area contributed by atoms with Gasteiger partial charge >= 0.3 is 0 Å². The van der Waals surface area contributed by atoms with E-state index in [1.54, 1.807) is 0 Å². The highest BCUT2D eigenvalue weighted by atomic mass is 79.9. The Hall–Kier alpha value is -1.85. The summed E-state index contributed by atoms with van der Waals surface area (Å²) in [5.74, 6) is -0.01000. The molecule has 2 aromatic carbocycles. The van der Waals surface area contributed by atoms with Gasteiger partial charge in [0.1, 0.15) is 0 Å². The molecule has 1 saturated heterocycles. The molecular formula is C23H28BrN3O. The lowest BCUT2D eigenvalue weighted by atomic mass is 9.98. The average Bonchev–Trinajstić information content (AvgIpc) is 3.09. The molecule has 4 nitrogen and oxygen atoms in total. The second kappa shape index (κ2) is 8.66. The smallest absolute Gasteiger partial charge is 0.251 e. The molecule has 28 heavy (non-hydrogen) atoms. The average molecular weight is 442 g/mol. The van der Waals surface area contributed by atoms with Gasteiger partial charge in [0.05, 0.1) is 6.04 Å². The van der Waals surface area contributed by atoms with Crippen molar-refractivity contribution in [1.29, 1.82) is 0 Å². The number of likely N-dealkylation sites (N-methyl/N-ethyl adjacent to an activating group) is 1. The third-order valence-corrected chi connectivity index (χ3v) is 6.48. The van der Waals surface area contributed by atoms with Crippen molar-refractivity contribution in [3.63, 3.8) is 0 Å². The Kier molecular flexibility index (Phi) is 6.02. The minimum absolute atomic E-state index is 0.01000. The Morgan fingerprint density at radius 1 is 1.11 bits per heavy atom. The number of nitrogens with zero attached hydrogens (tertiary/aromatic N) is 2. The van der Waals surface area contributed by atoms with E-state index in [9.17, 15) is 4.79 Å². The number of halogens is 1. The van der Waals surface area contributed by atoms with Gasteiger partial charge in [0.2, 0.25) is 0 Å². The predicted octanol–water partition coefficient (Wildman–Crippen LogP) is 4.40. The Morgan fingerprint density at radius 2 is 1.93 bits per heavy atom. The lowest BCUT2D eigenvalue weighted by Gasteiger charge is -2.35. The van der Waals surface area contributed by atoms with Crippen LogP contribution in [-0.2, 0) is 6.42 Å². The zero-order chi connectivity index (χ0) is 19.5. The summed E-state index contributed by atoms with van der Waals surface area (Å²) >= 11 is 3.45. The summed E-state index contributed by atoms with van der Waals surface area (Å²) in [5, 5.41) is 3.19. The normalized spacial score (nSPS) is 18.0. The van der Waals surface area contributed by atoms with Crippen molar-refractivity contribution < 1.29 is 4.79 Å². The molecular weight excluding hydrogens is 414 g/mol. The molecule has 0 spiro atoms. The minimum Gasteiger partial charge on any atom is -0.374 e. The van der Waals surface area contributed by atoms with Crippen LogP contribution in [0.5, 0.6) is 0 Å². The topological polar surface area (TPSA) is 35.6 Å². The Balaban J connectivity index is 1.53. The monoisotopic (exact) mass is 441 g/mol. The van der Waals surface area contributed by atoms with Crippen molar-refractivity contribution in [2.75, 3.05) is 38.1 Å². The van der Waals surface area contributed by atoms with Crippen LogP contribution in [-0.4, -0.2) is 44.0 Å². The minimum atomic E-state index is -0.01000. The molecule has 1 fully saturated rings. The van der Waals surface area contributed by atoms with Crippen LogP contribution in [0.2, 0.25) is 0 Å². The van der Waals surface area contributed by atoms with Crippen LogP contribution in [0.25, 0.3) is 0 Å². The highest BCUT2D eigenvalue weighted by Crippen LogP contribution is 2.32. The summed E-state index contributed by atoms with van der Waals surface area (Å²) in [6.07, 6.45) is 4.90. The molecule has 0 saturated carbocycles. The maximum Gasteiger partial charge on any atom is 0.251 e. The molecule has 2 aliphatic heterocycles. The first kappa shape index (κ1) is 19.5. The summed E-state index contributed by atoms with van der Waals surface area (Å²) in [6, 6.07) is 14.7. The van der Waals surface area contributed by atoms with Gasteiger partial charge in [-0.3, -0.25) is 9.69 Å². The first-order chi connectivity index (χ1) is 13.6. The lowest BCUT2D eigenvalue weighted by Crippen LogP contribution is -2.40. The molecule has 0 unspecified atom stereocenters. The summed E-state index contributed by atoms with van der Waals surface area (Å²) in [7, 11) is 2.16. The van der Waals surface area contributed by atoms with Crippen molar-refractivity contribution in [2.24, 2.45) is 0 Å². The first-order valence-corrected chi connectivity index (χ1v) is 11.0. The van der Waals surface area contributed by atoms with Gasteiger partial charge in [0, 0.05) is 35.9 Å². The number of rotatable bonds is 5. The van der Waals surface area contributed by atoms with Crippen LogP contribution in [0.3, 0.4) is 0 Å². The number of likely N-dealkylation sites (tertiary alicyclic amines) is 1. The number of benzene rings is 2. The Bertz CT molecular complexity index is 847. The molecule has 2 aliphatic rings. The van der Waals surface area contributed by atoms with Crippen molar-refractivity contribution in [3.8, 4) is 0 Å². The largest absolute Gasteiger partial charge is 0.374 e. The molecule has 0 bridgehead atoms. The molecule has 1 atom stereocenters. The maximum atomic E-state index is 12.7. The van der Waals surface area contributed by atoms with E-state index in [4.69, 9.17) is 0 Å². The van der Waals surface area contributed by atoms with E-state index in [0.717, 1.165) is 30.5 Å². The van der Waals surface area contributed by atoms with E-state index < -0.39 is 0 Å². The van der Waals surface area contributed by atoms with E-state index in [0.29, 0.717) is 12.1 Å². The Morgan fingerprint density at radius 3 is 2.71 bits per heavy atom. The zero-order valence-corrected chi connectivity index (χ0v) is 18.0. The van der Waals surface area contributed by atoms with Crippen LogP contribution in [0, 0.1) is 0 Å². The van der Waals surface area contributed by atoms with Crippen molar-refractivity contribution >= 4 is 27.5 Å². The summed E-state index contributed by atoms with van der Waals surface area (Å²) in [4.78, 5) is 17.6. The first-order valence-electron chi connectivity index (χ1n) is 10.2. The number of anilines is 1. The van der Waals surface area contributed by atoms with E-state index in [-0.39, 0.29) is 11.9 Å². The SMILES string of the molecule is CN1CCc2cc([C@H](CNC(=O)c3cccc(Br)c3)N3CCCCC3)ccc21. The highest BCUT2D eigenvalue weighted by molar-refractivity contribution is 9.10. The number of nitrogens with one attached hydrogen (secondary N) is 1. The fraction of sp³-hybridized carbons (Fsp3) is 0.435. The lowest BCUT2D eigenvalue weighted by molar-refractivity contribution is 0.0924. The van der Waals surface area contributed by atoms with Crippen LogP contribution >= 0.6 is 15.9 Å². The van der Waals surface area contributed by atoms with Crippen molar-refractivity contribution in [3.05, 3.63) is 63.6 Å². The van der Waals surface area contributed by atoms with Gasteiger partial charge in [-0.15, -0.1) is 0 Å². The summed E-state index contributed by atoms with van der Waals surface area (Å²) < 4.78 is 0.926. The fourth-order valence-electron chi connectivity index (χ4n) is 4.40. The van der Waals surface area contributed by atoms with Gasteiger partial charge in [0.25, 0.3) is 5.91 Å². The number of amides is 1. The van der Waals surface area contributed by atoms with Crippen molar-refractivity contribution in [2.45, 2.75) is 31.7 Å². The van der Waals surface area contributed by atoms with E-state index in [1.165, 1.54) is 36.1 Å². The number of fused-ring (bicyclic) bond motifs is 1. The quantitative estimate of drug-likeness (QED) is 0.746. The predicted molar refractivity (Wildman–Crippen MR) is 118 cm³/mol. The molecule has 5 heteroatoms.